The van der Waals surface area contributed by atoms with Crippen molar-refractivity contribution in [1.29, 1.82) is 0 Å². The molecule has 0 saturated carbocycles. The van der Waals surface area contributed by atoms with Gasteiger partial charge in [-0.1, -0.05) is 41.9 Å². The van der Waals surface area contributed by atoms with E-state index in [-0.39, 0.29) is 0 Å². The minimum absolute atomic E-state index is 0.611. The molecule has 100 valence electrons. The molecule has 0 aromatic heterocycles. The molecule has 0 unspecified atom stereocenters. The number of nitrogens with one attached hydrogen (secondary N) is 1. The Hall–Kier alpha value is -1.19. The second kappa shape index (κ2) is 6.83. The molecule has 2 aromatic rings. The van der Waals surface area contributed by atoms with E-state index in [1.54, 1.807) is 0 Å². The first-order valence-electron chi connectivity index (χ1n) is 6.10. The summed E-state index contributed by atoms with van der Waals surface area (Å²) in [7, 11) is 0. The quantitative estimate of drug-likeness (QED) is 0.816. The molecule has 0 bridgehead atoms. The Labute approximate surface area is 126 Å². The van der Waals surface area contributed by atoms with Crippen LogP contribution in [-0.4, -0.2) is 6.61 Å². The summed E-state index contributed by atoms with van der Waals surface area (Å²) in [6, 6.07) is 13.9. The fraction of sp³-hybridized carbons (Fsp3) is 0.200. The van der Waals surface area contributed by atoms with E-state index in [0.717, 1.165) is 22.5 Å². The zero-order valence-electron chi connectivity index (χ0n) is 10.6. The SMILES string of the molecule is CCOc1c(Br)cc(Cl)cc1NCc1ccccc1. The second-order valence-corrected chi connectivity index (χ2v) is 5.33. The van der Waals surface area contributed by atoms with Crippen molar-refractivity contribution in [1.82, 2.24) is 0 Å². The Bertz CT molecular complexity index is 545. The number of halogens is 2. The van der Waals surface area contributed by atoms with Gasteiger partial charge in [0.15, 0.2) is 5.75 Å². The zero-order valence-corrected chi connectivity index (χ0v) is 13.0. The molecule has 0 aliphatic carbocycles. The highest BCUT2D eigenvalue weighted by Gasteiger charge is 2.09. The van der Waals surface area contributed by atoms with Crippen LogP contribution in [0.1, 0.15) is 12.5 Å². The van der Waals surface area contributed by atoms with Gasteiger partial charge in [-0.15, -0.1) is 0 Å². The number of hydrogen-bond acceptors (Lipinski definition) is 2. The highest BCUT2D eigenvalue weighted by molar-refractivity contribution is 9.10. The van der Waals surface area contributed by atoms with Crippen molar-refractivity contribution in [3.8, 4) is 5.75 Å². The van der Waals surface area contributed by atoms with Gasteiger partial charge in [0.2, 0.25) is 0 Å². The van der Waals surface area contributed by atoms with Crippen LogP contribution in [0.5, 0.6) is 5.75 Å². The molecule has 2 rings (SSSR count). The topological polar surface area (TPSA) is 21.3 Å². The van der Waals surface area contributed by atoms with E-state index < -0.39 is 0 Å². The molecule has 0 aliphatic rings. The molecule has 19 heavy (non-hydrogen) atoms. The first-order valence-corrected chi connectivity index (χ1v) is 7.27. The minimum Gasteiger partial charge on any atom is -0.491 e. The zero-order chi connectivity index (χ0) is 13.7. The Morgan fingerprint density at radius 3 is 2.63 bits per heavy atom. The molecule has 0 atom stereocenters. The van der Waals surface area contributed by atoms with Crippen LogP contribution in [0.15, 0.2) is 46.9 Å². The number of anilines is 1. The number of hydrogen-bond donors (Lipinski definition) is 1. The van der Waals surface area contributed by atoms with Crippen LogP contribution in [0.3, 0.4) is 0 Å². The van der Waals surface area contributed by atoms with E-state index in [2.05, 4.69) is 33.4 Å². The first kappa shape index (κ1) is 14.2. The fourth-order valence-corrected chi connectivity index (χ4v) is 2.70. The maximum absolute atomic E-state index is 6.08. The van der Waals surface area contributed by atoms with Crippen molar-refractivity contribution in [2.45, 2.75) is 13.5 Å². The predicted octanol–water partition coefficient (Wildman–Crippen LogP) is 5.11. The van der Waals surface area contributed by atoms with Crippen LogP contribution in [0.25, 0.3) is 0 Å². The van der Waals surface area contributed by atoms with Crippen molar-refractivity contribution in [2.24, 2.45) is 0 Å². The normalized spacial score (nSPS) is 10.3. The van der Waals surface area contributed by atoms with Crippen molar-refractivity contribution in [3.63, 3.8) is 0 Å². The van der Waals surface area contributed by atoms with E-state index in [4.69, 9.17) is 16.3 Å². The highest BCUT2D eigenvalue weighted by atomic mass is 79.9. The van der Waals surface area contributed by atoms with Crippen LogP contribution in [0.2, 0.25) is 5.02 Å². The molecule has 0 aliphatic heterocycles. The van der Waals surface area contributed by atoms with Gasteiger partial charge in [-0.2, -0.15) is 0 Å². The molecule has 4 heteroatoms. The van der Waals surface area contributed by atoms with Crippen LogP contribution >= 0.6 is 27.5 Å². The van der Waals surface area contributed by atoms with Crippen LogP contribution < -0.4 is 10.1 Å². The van der Waals surface area contributed by atoms with Gasteiger partial charge in [0.05, 0.1) is 16.8 Å². The van der Waals surface area contributed by atoms with Crippen molar-refractivity contribution < 1.29 is 4.74 Å². The van der Waals surface area contributed by atoms with Gasteiger partial charge in [0.25, 0.3) is 0 Å². The summed E-state index contributed by atoms with van der Waals surface area (Å²) in [5.74, 6) is 0.794. The summed E-state index contributed by atoms with van der Waals surface area (Å²) < 4.78 is 6.50. The lowest BCUT2D eigenvalue weighted by molar-refractivity contribution is 0.339. The third-order valence-electron chi connectivity index (χ3n) is 2.62. The van der Waals surface area contributed by atoms with Gasteiger partial charge < -0.3 is 10.1 Å². The lowest BCUT2D eigenvalue weighted by atomic mass is 10.2. The van der Waals surface area contributed by atoms with Gasteiger partial charge in [-0.3, -0.25) is 0 Å². The summed E-state index contributed by atoms with van der Waals surface area (Å²) >= 11 is 9.55. The lowest BCUT2D eigenvalue weighted by Gasteiger charge is -2.14. The van der Waals surface area contributed by atoms with Gasteiger partial charge in [-0.05, 0) is 40.5 Å². The smallest absolute Gasteiger partial charge is 0.156 e. The Balaban J connectivity index is 2.19. The molecule has 0 saturated heterocycles. The average Bonchev–Trinajstić information content (AvgIpc) is 2.41. The summed E-state index contributed by atoms with van der Waals surface area (Å²) in [5.41, 5.74) is 2.10. The Morgan fingerprint density at radius 2 is 1.95 bits per heavy atom. The van der Waals surface area contributed by atoms with Gasteiger partial charge in [0.1, 0.15) is 0 Å². The van der Waals surface area contributed by atoms with Crippen molar-refractivity contribution in [2.75, 3.05) is 11.9 Å². The maximum atomic E-state index is 6.08. The standard InChI is InChI=1S/C15H15BrClNO/c1-2-19-15-13(16)8-12(17)9-14(15)18-10-11-6-4-3-5-7-11/h3-9,18H,2,10H2,1H3. The third-order valence-corrected chi connectivity index (χ3v) is 3.43. The molecule has 0 fully saturated rings. The summed E-state index contributed by atoms with van der Waals surface area (Å²) in [4.78, 5) is 0. The summed E-state index contributed by atoms with van der Waals surface area (Å²) in [5, 5.41) is 4.03. The molecule has 0 radical (unpaired) electrons. The third kappa shape index (κ3) is 3.88. The molecular weight excluding hydrogens is 326 g/mol. The van der Waals surface area contributed by atoms with Crippen molar-refractivity contribution >= 4 is 33.2 Å². The number of ether oxygens (including phenoxy) is 1. The summed E-state index contributed by atoms with van der Waals surface area (Å²) in [6.45, 7) is 3.30. The number of benzene rings is 2. The Kier molecular flexibility index (Phi) is 5.11. The van der Waals surface area contributed by atoms with E-state index in [9.17, 15) is 0 Å². The molecule has 1 N–H and O–H groups in total. The second-order valence-electron chi connectivity index (χ2n) is 4.04. The van der Waals surface area contributed by atoms with E-state index in [0.29, 0.717) is 11.6 Å². The highest BCUT2D eigenvalue weighted by Crippen LogP contribution is 2.36. The fourth-order valence-electron chi connectivity index (χ4n) is 1.78. The van der Waals surface area contributed by atoms with Crippen LogP contribution in [-0.2, 0) is 6.54 Å². The largest absolute Gasteiger partial charge is 0.491 e. The Morgan fingerprint density at radius 1 is 1.21 bits per heavy atom. The molecule has 2 aromatic carbocycles. The van der Waals surface area contributed by atoms with Crippen LogP contribution in [0.4, 0.5) is 5.69 Å². The first-order chi connectivity index (χ1) is 9.20. The van der Waals surface area contributed by atoms with Gasteiger partial charge in [-0.25, -0.2) is 0 Å². The molecule has 0 spiro atoms. The summed E-state index contributed by atoms with van der Waals surface area (Å²) in [6.07, 6.45) is 0. The maximum Gasteiger partial charge on any atom is 0.156 e. The van der Waals surface area contributed by atoms with Gasteiger partial charge >= 0.3 is 0 Å². The minimum atomic E-state index is 0.611. The monoisotopic (exact) mass is 339 g/mol. The lowest BCUT2D eigenvalue weighted by Crippen LogP contribution is -2.03. The predicted molar refractivity (Wildman–Crippen MR) is 84.1 cm³/mol. The van der Waals surface area contributed by atoms with E-state index in [1.807, 2.05) is 37.3 Å². The number of rotatable bonds is 5. The average molecular weight is 341 g/mol. The van der Waals surface area contributed by atoms with E-state index >= 15 is 0 Å². The molecule has 2 nitrogen and oxygen atoms in total. The van der Waals surface area contributed by atoms with Gasteiger partial charge in [0, 0.05) is 11.6 Å². The van der Waals surface area contributed by atoms with Crippen LogP contribution in [0, 0.1) is 0 Å². The van der Waals surface area contributed by atoms with E-state index in [1.165, 1.54) is 5.56 Å². The molecule has 0 heterocycles. The molecule has 0 amide bonds. The molecular formula is C15H15BrClNO. The van der Waals surface area contributed by atoms with Crippen molar-refractivity contribution in [3.05, 3.63) is 57.5 Å².